The van der Waals surface area contributed by atoms with Gasteiger partial charge in [0.1, 0.15) is 0 Å². The van der Waals surface area contributed by atoms with Crippen molar-refractivity contribution >= 4 is 5.91 Å². The molecule has 1 N–H and O–H groups in total. The van der Waals surface area contributed by atoms with E-state index in [1.54, 1.807) is 22.9 Å². The lowest BCUT2D eigenvalue weighted by Gasteiger charge is -2.12. The van der Waals surface area contributed by atoms with Crippen molar-refractivity contribution in [3.8, 4) is 0 Å². The van der Waals surface area contributed by atoms with E-state index in [1.165, 1.54) is 12.5 Å². The third-order valence-corrected chi connectivity index (χ3v) is 3.54. The predicted molar refractivity (Wildman–Crippen MR) is 70.3 cm³/mol. The van der Waals surface area contributed by atoms with Crippen molar-refractivity contribution in [2.24, 2.45) is 5.92 Å². The quantitative estimate of drug-likeness (QED) is 0.878. The van der Waals surface area contributed by atoms with Gasteiger partial charge in [0.05, 0.1) is 0 Å². The summed E-state index contributed by atoms with van der Waals surface area (Å²) < 4.78 is 1.57. The highest BCUT2D eigenvalue weighted by Crippen LogP contribution is 2.24. The van der Waals surface area contributed by atoms with Crippen LogP contribution in [0.2, 0.25) is 0 Å². The molecule has 18 heavy (non-hydrogen) atoms. The van der Waals surface area contributed by atoms with Crippen LogP contribution >= 0.6 is 0 Å². The largest absolute Gasteiger partial charge is 0.353 e. The molecule has 1 aliphatic carbocycles. The van der Waals surface area contributed by atoms with Gasteiger partial charge in [-0.25, -0.2) is 0 Å². The first-order valence-electron chi connectivity index (χ1n) is 6.60. The molecule has 4 heteroatoms. The van der Waals surface area contributed by atoms with Crippen molar-refractivity contribution in [1.82, 2.24) is 9.88 Å². The van der Waals surface area contributed by atoms with E-state index in [4.69, 9.17) is 0 Å². The summed E-state index contributed by atoms with van der Waals surface area (Å²) >= 11 is 0. The van der Waals surface area contributed by atoms with E-state index in [1.807, 2.05) is 0 Å². The first-order valence-corrected chi connectivity index (χ1v) is 6.60. The summed E-state index contributed by atoms with van der Waals surface area (Å²) in [5.74, 6) is 0.761. The maximum absolute atomic E-state index is 11.8. The molecule has 0 aromatic carbocycles. The molecule has 2 rings (SSSR count). The van der Waals surface area contributed by atoms with Crippen LogP contribution in [0, 0.1) is 5.92 Å². The number of carbonyl (C=O) groups is 1. The van der Waals surface area contributed by atoms with Crippen LogP contribution in [0.5, 0.6) is 0 Å². The highest BCUT2D eigenvalue weighted by Gasteiger charge is 2.22. The zero-order chi connectivity index (χ0) is 13.0. The fraction of sp³-hybridized carbons (Fsp3) is 0.571. The molecule has 1 fully saturated rings. The first-order chi connectivity index (χ1) is 8.65. The summed E-state index contributed by atoms with van der Waals surface area (Å²) in [6.45, 7) is 2.67. The molecule has 0 bridgehead atoms. The summed E-state index contributed by atoms with van der Waals surface area (Å²) in [7, 11) is 0. The van der Waals surface area contributed by atoms with Crippen molar-refractivity contribution < 1.29 is 4.79 Å². The zero-order valence-electron chi connectivity index (χ0n) is 10.8. The number of hydrogen-bond acceptors (Lipinski definition) is 2. The summed E-state index contributed by atoms with van der Waals surface area (Å²) in [5.41, 5.74) is -0.0558. The molecule has 1 amide bonds. The fourth-order valence-corrected chi connectivity index (χ4v) is 2.51. The number of aromatic nitrogens is 1. The van der Waals surface area contributed by atoms with E-state index in [2.05, 4.69) is 12.2 Å². The fourth-order valence-electron chi connectivity index (χ4n) is 2.51. The molecular weight excluding hydrogens is 228 g/mol. The minimum atomic E-state index is -0.0558. The van der Waals surface area contributed by atoms with Crippen LogP contribution < -0.4 is 10.9 Å². The number of rotatable bonds is 4. The lowest BCUT2D eigenvalue weighted by atomic mass is 10.1. The number of aryl methyl sites for hydroxylation is 1. The summed E-state index contributed by atoms with van der Waals surface area (Å²) in [6.07, 6.45) is 5.44. The summed E-state index contributed by atoms with van der Waals surface area (Å²) in [5, 5.41) is 3.04. The smallest absolute Gasteiger partial charge is 0.250 e. The van der Waals surface area contributed by atoms with Gasteiger partial charge in [-0.1, -0.05) is 13.0 Å². The van der Waals surface area contributed by atoms with E-state index >= 15 is 0 Å². The van der Waals surface area contributed by atoms with Crippen molar-refractivity contribution in [1.29, 1.82) is 0 Å². The first kappa shape index (κ1) is 12.9. The Morgan fingerprint density at radius 3 is 2.94 bits per heavy atom. The topological polar surface area (TPSA) is 51.1 Å². The molecule has 2 unspecified atom stereocenters. The Labute approximate surface area is 107 Å². The third-order valence-electron chi connectivity index (χ3n) is 3.54. The van der Waals surface area contributed by atoms with Crippen molar-refractivity contribution in [2.75, 3.05) is 0 Å². The van der Waals surface area contributed by atoms with Gasteiger partial charge in [-0.3, -0.25) is 9.59 Å². The standard InChI is InChI=1S/C14H20N2O2/c1-11-5-6-12(10-11)15-13(17)7-9-16-8-3-2-4-14(16)18/h2-4,8,11-12H,5-7,9-10H2,1H3,(H,15,17). The summed E-state index contributed by atoms with van der Waals surface area (Å²) in [6, 6.07) is 5.35. The van der Waals surface area contributed by atoms with Crippen molar-refractivity contribution in [3.63, 3.8) is 0 Å². The van der Waals surface area contributed by atoms with Gasteiger partial charge in [0.25, 0.3) is 5.56 Å². The van der Waals surface area contributed by atoms with Crippen molar-refractivity contribution in [2.45, 2.75) is 45.2 Å². The lowest BCUT2D eigenvalue weighted by Crippen LogP contribution is -2.34. The number of nitrogens with one attached hydrogen (secondary N) is 1. The Hall–Kier alpha value is -1.58. The Morgan fingerprint density at radius 1 is 1.44 bits per heavy atom. The molecule has 1 heterocycles. The van der Waals surface area contributed by atoms with Crippen LogP contribution in [0.1, 0.15) is 32.6 Å². The Morgan fingerprint density at radius 2 is 2.28 bits per heavy atom. The van der Waals surface area contributed by atoms with Crippen LogP contribution in [0.15, 0.2) is 29.2 Å². The van der Waals surface area contributed by atoms with Gasteiger partial charge in [0.2, 0.25) is 5.91 Å². The molecule has 4 nitrogen and oxygen atoms in total. The number of amides is 1. The third kappa shape index (κ3) is 3.45. The highest BCUT2D eigenvalue weighted by atomic mass is 16.2. The molecule has 0 saturated heterocycles. The van der Waals surface area contributed by atoms with Gasteiger partial charge < -0.3 is 9.88 Å². The molecule has 1 aliphatic rings. The van der Waals surface area contributed by atoms with Gasteiger partial charge in [-0.2, -0.15) is 0 Å². The normalized spacial score (nSPS) is 22.9. The molecule has 1 aromatic heterocycles. The van der Waals surface area contributed by atoms with Gasteiger partial charge >= 0.3 is 0 Å². The van der Waals surface area contributed by atoms with Crippen molar-refractivity contribution in [3.05, 3.63) is 34.7 Å². The minimum absolute atomic E-state index is 0.0462. The molecular formula is C14H20N2O2. The molecule has 1 saturated carbocycles. The van der Waals surface area contributed by atoms with E-state index in [0.29, 0.717) is 24.9 Å². The zero-order valence-corrected chi connectivity index (χ0v) is 10.8. The average molecular weight is 248 g/mol. The monoisotopic (exact) mass is 248 g/mol. The van der Waals surface area contributed by atoms with E-state index in [9.17, 15) is 9.59 Å². The van der Waals surface area contributed by atoms with E-state index in [0.717, 1.165) is 12.8 Å². The Bertz CT molecular complexity index is 467. The number of hydrogen-bond donors (Lipinski definition) is 1. The summed E-state index contributed by atoms with van der Waals surface area (Å²) in [4.78, 5) is 23.2. The second kappa shape index (κ2) is 5.85. The second-order valence-corrected chi connectivity index (χ2v) is 5.16. The van der Waals surface area contributed by atoms with Crippen LogP contribution in [0.3, 0.4) is 0 Å². The molecule has 0 radical (unpaired) electrons. The van der Waals surface area contributed by atoms with Gasteiger partial charge in [0, 0.05) is 31.3 Å². The SMILES string of the molecule is CC1CCC(NC(=O)CCn2ccccc2=O)C1. The average Bonchev–Trinajstić information content (AvgIpc) is 2.74. The van der Waals surface area contributed by atoms with Gasteiger partial charge in [-0.05, 0) is 31.2 Å². The molecule has 0 aliphatic heterocycles. The van der Waals surface area contributed by atoms with Crippen LogP contribution in [0.25, 0.3) is 0 Å². The Balaban J connectivity index is 1.78. The molecule has 0 spiro atoms. The number of carbonyl (C=O) groups excluding carboxylic acids is 1. The lowest BCUT2D eigenvalue weighted by molar-refractivity contribution is -0.122. The van der Waals surface area contributed by atoms with E-state index < -0.39 is 0 Å². The number of nitrogens with zero attached hydrogens (tertiary/aromatic N) is 1. The minimum Gasteiger partial charge on any atom is -0.353 e. The van der Waals surface area contributed by atoms with Gasteiger partial charge in [-0.15, -0.1) is 0 Å². The molecule has 98 valence electrons. The number of pyridine rings is 1. The predicted octanol–water partition coefficient (Wildman–Crippen LogP) is 1.54. The van der Waals surface area contributed by atoms with E-state index in [-0.39, 0.29) is 11.5 Å². The molecule has 1 aromatic rings. The van der Waals surface area contributed by atoms with Gasteiger partial charge in [0.15, 0.2) is 0 Å². The second-order valence-electron chi connectivity index (χ2n) is 5.16. The maximum Gasteiger partial charge on any atom is 0.250 e. The van der Waals surface area contributed by atoms with Crippen LogP contribution in [-0.2, 0) is 11.3 Å². The Kier molecular flexibility index (Phi) is 4.18. The highest BCUT2D eigenvalue weighted by molar-refractivity contribution is 5.76. The van der Waals surface area contributed by atoms with Crippen LogP contribution in [-0.4, -0.2) is 16.5 Å². The molecule has 2 atom stereocenters. The maximum atomic E-state index is 11.8. The van der Waals surface area contributed by atoms with Crippen LogP contribution in [0.4, 0.5) is 0 Å².